The number of thioether (sulfide) groups is 1. The molecule has 0 unspecified atom stereocenters. The lowest BCUT2D eigenvalue weighted by molar-refractivity contribution is 0.165. The lowest BCUT2D eigenvalue weighted by Gasteiger charge is -2.17. The Morgan fingerprint density at radius 1 is 1.03 bits per heavy atom. The summed E-state index contributed by atoms with van der Waals surface area (Å²) in [5, 5.41) is 0.651. The van der Waals surface area contributed by atoms with E-state index in [2.05, 4.69) is 6.08 Å². The van der Waals surface area contributed by atoms with Gasteiger partial charge in [0.25, 0.3) is 0 Å². The Morgan fingerprint density at radius 2 is 1.80 bits per heavy atom. The van der Waals surface area contributed by atoms with Crippen molar-refractivity contribution in [3.63, 3.8) is 0 Å². The van der Waals surface area contributed by atoms with Crippen LogP contribution in [0.15, 0.2) is 72.8 Å². The van der Waals surface area contributed by atoms with Crippen LogP contribution in [0.4, 0.5) is 4.79 Å². The van der Waals surface area contributed by atoms with Crippen molar-refractivity contribution < 1.29 is 14.3 Å². The van der Waals surface area contributed by atoms with Gasteiger partial charge in [-0.15, -0.1) is 11.8 Å². The van der Waals surface area contributed by atoms with Gasteiger partial charge in [-0.3, -0.25) is 0 Å². The standard InChI is InChI=1S/C24H20ClNO3S/c1-26(24(27)28-19-8-3-2-4-9-19)13-14-30-23-15-17-7-5-6-10-21(17)29-22-12-11-18(25)16-20(22)23/h2-12,15-16H,13-14H2,1H3. The largest absolute Gasteiger partial charge is 0.456 e. The molecule has 1 aliphatic heterocycles. The van der Waals surface area contributed by atoms with E-state index in [4.69, 9.17) is 21.1 Å². The minimum atomic E-state index is -0.381. The third-order valence-electron chi connectivity index (χ3n) is 4.58. The molecule has 0 aromatic heterocycles. The van der Waals surface area contributed by atoms with Gasteiger partial charge in [0.15, 0.2) is 0 Å². The molecular formula is C24H20ClNO3S. The highest BCUT2D eigenvalue weighted by molar-refractivity contribution is 8.08. The topological polar surface area (TPSA) is 38.8 Å². The first-order valence-electron chi connectivity index (χ1n) is 9.49. The Kier molecular flexibility index (Phi) is 6.31. The molecule has 0 aliphatic carbocycles. The molecule has 0 bridgehead atoms. The molecule has 0 N–H and O–H groups in total. The number of hydrogen-bond acceptors (Lipinski definition) is 4. The number of carbonyl (C=O) groups is 1. The molecule has 152 valence electrons. The van der Waals surface area contributed by atoms with E-state index in [1.54, 1.807) is 35.8 Å². The molecule has 0 radical (unpaired) electrons. The first-order chi connectivity index (χ1) is 14.6. The van der Waals surface area contributed by atoms with Crippen molar-refractivity contribution in [3.8, 4) is 17.2 Å². The van der Waals surface area contributed by atoms with Crippen LogP contribution in [0.2, 0.25) is 5.02 Å². The van der Waals surface area contributed by atoms with E-state index in [-0.39, 0.29) is 6.09 Å². The van der Waals surface area contributed by atoms with E-state index < -0.39 is 0 Å². The molecule has 4 nitrogen and oxygen atoms in total. The van der Waals surface area contributed by atoms with Crippen molar-refractivity contribution in [2.45, 2.75) is 0 Å². The first-order valence-corrected chi connectivity index (χ1v) is 10.9. The van der Waals surface area contributed by atoms with Crippen LogP contribution in [0.3, 0.4) is 0 Å². The summed E-state index contributed by atoms with van der Waals surface area (Å²) in [5.41, 5.74) is 1.95. The maximum atomic E-state index is 12.3. The number of halogens is 1. The second-order valence-corrected chi connectivity index (χ2v) is 8.31. The van der Waals surface area contributed by atoms with Gasteiger partial charge in [0.1, 0.15) is 17.2 Å². The molecule has 30 heavy (non-hydrogen) atoms. The molecule has 3 aromatic rings. The number of hydrogen-bond donors (Lipinski definition) is 0. The smallest absolute Gasteiger partial charge is 0.414 e. The molecule has 6 heteroatoms. The highest BCUT2D eigenvalue weighted by atomic mass is 35.5. The Bertz CT molecular complexity index is 1080. The SMILES string of the molecule is CN(CCSC1=Cc2ccccc2Oc2ccc(Cl)cc21)C(=O)Oc1ccccc1. The molecule has 1 heterocycles. The zero-order chi connectivity index (χ0) is 20.9. The monoisotopic (exact) mass is 437 g/mol. The summed E-state index contributed by atoms with van der Waals surface area (Å²) in [6, 6.07) is 22.6. The van der Waals surface area contributed by atoms with Gasteiger partial charge < -0.3 is 14.4 Å². The lowest BCUT2D eigenvalue weighted by Crippen LogP contribution is -2.31. The Hall–Kier alpha value is -2.89. The van der Waals surface area contributed by atoms with Crippen molar-refractivity contribution in [2.75, 3.05) is 19.3 Å². The summed E-state index contributed by atoms with van der Waals surface area (Å²) in [6.07, 6.45) is 1.72. The van der Waals surface area contributed by atoms with Crippen LogP contribution in [-0.2, 0) is 0 Å². The number of nitrogens with zero attached hydrogens (tertiary/aromatic N) is 1. The van der Waals surface area contributed by atoms with Gasteiger partial charge in [0.05, 0.1) is 0 Å². The van der Waals surface area contributed by atoms with E-state index >= 15 is 0 Å². The van der Waals surface area contributed by atoms with Gasteiger partial charge in [-0.2, -0.15) is 0 Å². The second kappa shape index (κ2) is 9.28. The Balaban J connectivity index is 1.46. The molecule has 4 rings (SSSR count). The van der Waals surface area contributed by atoms with Crippen LogP contribution in [0, 0.1) is 0 Å². The summed E-state index contributed by atoms with van der Waals surface area (Å²) < 4.78 is 11.5. The quantitative estimate of drug-likeness (QED) is 0.439. The van der Waals surface area contributed by atoms with Gasteiger partial charge in [0.2, 0.25) is 0 Å². The van der Waals surface area contributed by atoms with Crippen molar-refractivity contribution in [1.29, 1.82) is 0 Å². The summed E-state index contributed by atoms with van der Waals surface area (Å²) in [6.45, 7) is 0.534. The maximum absolute atomic E-state index is 12.3. The maximum Gasteiger partial charge on any atom is 0.414 e. The van der Waals surface area contributed by atoms with Gasteiger partial charge in [0, 0.05) is 40.4 Å². The van der Waals surface area contributed by atoms with Crippen LogP contribution in [-0.4, -0.2) is 30.3 Å². The van der Waals surface area contributed by atoms with Crippen molar-refractivity contribution >= 4 is 40.4 Å². The molecular weight excluding hydrogens is 418 g/mol. The molecule has 1 aliphatic rings. The number of amides is 1. The third kappa shape index (κ3) is 4.81. The zero-order valence-electron chi connectivity index (χ0n) is 16.4. The molecule has 0 spiro atoms. The summed E-state index contributed by atoms with van der Waals surface area (Å²) in [5.74, 6) is 2.80. The normalized spacial score (nSPS) is 12.0. The molecule has 0 atom stereocenters. The van der Waals surface area contributed by atoms with Gasteiger partial charge >= 0.3 is 6.09 Å². The fourth-order valence-corrected chi connectivity index (χ4v) is 4.27. The van der Waals surface area contributed by atoms with Crippen LogP contribution >= 0.6 is 23.4 Å². The highest BCUT2D eigenvalue weighted by Gasteiger charge is 2.18. The first kappa shape index (κ1) is 20.4. The summed E-state index contributed by atoms with van der Waals surface area (Å²) >= 11 is 7.90. The average molecular weight is 438 g/mol. The predicted octanol–water partition coefficient (Wildman–Crippen LogP) is 6.81. The number of rotatable bonds is 5. The van der Waals surface area contributed by atoms with Crippen LogP contribution in [0.1, 0.15) is 11.1 Å². The lowest BCUT2D eigenvalue weighted by atomic mass is 10.1. The number of ether oxygens (including phenoxy) is 2. The van der Waals surface area contributed by atoms with Gasteiger partial charge in [-0.05, 0) is 42.5 Å². The van der Waals surface area contributed by atoms with Crippen molar-refractivity contribution in [3.05, 3.63) is 88.9 Å². The van der Waals surface area contributed by atoms with E-state index in [0.717, 1.165) is 27.5 Å². The van der Waals surface area contributed by atoms with Crippen LogP contribution < -0.4 is 9.47 Å². The summed E-state index contributed by atoms with van der Waals surface area (Å²) in [7, 11) is 1.73. The van der Waals surface area contributed by atoms with Crippen molar-refractivity contribution in [2.24, 2.45) is 0 Å². The van der Waals surface area contributed by atoms with Gasteiger partial charge in [-0.1, -0.05) is 48.0 Å². The highest BCUT2D eigenvalue weighted by Crippen LogP contribution is 2.43. The fraction of sp³-hybridized carbons (Fsp3) is 0.125. The molecule has 0 saturated heterocycles. The van der Waals surface area contributed by atoms with E-state index in [9.17, 15) is 4.79 Å². The number of carbonyl (C=O) groups excluding carboxylic acids is 1. The fourth-order valence-electron chi connectivity index (χ4n) is 2.98. The zero-order valence-corrected chi connectivity index (χ0v) is 18.0. The third-order valence-corrected chi connectivity index (χ3v) is 5.85. The molecule has 3 aromatic carbocycles. The van der Waals surface area contributed by atoms with E-state index in [1.807, 2.05) is 60.7 Å². The number of fused-ring (bicyclic) bond motifs is 2. The predicted molar refractivity (Wildman–Crippen MR) is 123 cm³/mol. The van der Waals surface area contributed by atoms with Crippen molar-refractivity contribution in [1.82, 2.24) is 4.90 Å². The minimum Gasteiger partial charge on any atom is -0.456 e. The Morgan fingerprint density at radius 3 is 2.63 bits per heavy atom. The van der Waals surface area contributed by atoms with Gasteiger partial charge in [-0.25, -0.2) is 4.79 Å². The molecule has 1 amide bonds. The summed E-state index contributed by atoms with van der Waals surface area (Å²) in [4.78, 5) is 14.9. The number of benzene rings is 3. The van der Waals surface area contributed by atoms with E-state index in [1.165, 1.54) is 0 Å². The molecule has 0 fully saturated rings. The average Bonchev–Trinajstić information content (AvgIpc) is 2.91. The minimum absolute atomic E-state index is 0.381. The van der Waals surface area contributed by atoms with Crippen LogP contribution in [0.5, 0.6) is 17.2 Å². The second-order valence-electron chi connectivity index (χ2n) is 6.74. The van der Waals surface area contributed by atoms with E-state index in [0.29, 0.717) is 23.1 Å². The molecule has 0 saturated carbocycles. The van der Waals surface area contributed by atoms with Crippen LogP contribution in [0.25, 0.3) is 11.0 Å². The number of para-hydroxylation sites is 2. The Labute approximate surface area is 185 Å².